The highest BCUT2D eigenvalue weighted by Crippen LogP contribution is 2.33. The van der Waals surface area contributed by atoms with E-state index in [9.17, 15) is 5.26 Å². The summed E-state index contributed by atoms with van der Waals surface area (Å²) in [5.41, 5.74) is 8.80. The first kappa shape index (κ1) is 13.0. The second-order valence-corrected chi connectivity index (χ2v) is 6.03. The summed E-state index contributed by atoms with van der Waals surface area (Å²) in [6, 6.07) is 13.4. The van der Waals surface area contributed by atoms with Crippen LogP contribution in [0.1, 0.15) is 5.56 Å². The summed E-state index contributed by atoms with van der Waals surface area (Å²) in [5, 5.41) is 9.95. The number of nitrogen functional groups attached to an aromatic ring is 1. The molecule has 0 saturated carbocycles. The third-order valence-corrected chi connectivity index (χ3v) is 4.39. The van der Waals surface area contributed by atoms with Crippen molar-refractivity contribution in [2.45, 2.75) is 10.1 Å². The van der Waals surface area contributed by atoms with Crippen LogP contribution >= 0.6 is 27.7 Å². The molecule has 0 radical (unpaired) electrons. The molecule has 0 fully saturated rings. The topological polar surface area (TPSA) is 78.5 Å². The molecule has 3 rings (SSSR count). The van der Waals surface area contributed by atoms with Crippen LogP contribution in [0.3, 0.4) is 0 Å². The summed E-state index contributed by atoms with van der Waals surface area (Å²) in [6.45, 7) is 0. The third kappa shape index (κ3) is 2.38. The minimum Gasteiger partial charge on any atom is -0.399 e. The van der Waals surface area contributed by atoms with Gasteiger partial charge in [-0.3, -0.25) is 0 Å². The second kappa shape index (κ2) is 5.19. The molecule has 0 aliphatic carbocycles. The molecule has 98 valence electrons. The SMILES string of the molecule is N#Cc1c(Br)cccc1Sc1nc2ccc(N)cc2[nH]1. The number of nitrogens with two attached hydrogens (primary N) is 1. The Balaban J connectivity index is 2.02. The van der Waals surface area contributed by atoms with Crippen molar-refractivity contribution in [2.75, 3.05) is 5.73 Å². The van der Waals surface area contributed by atoms with Crippen LogP contribution in [0, 0.1) is 11.3 Å². The standard InChI is InChI=1S/C14H9BrN4S/c15-10-2-1-3-13(9(10)7-16)20-14-18-11-5-4-8(17)6-12(11)19-14/h1-6H,17H2,(H,18,19). The van der Waals surface area contributed by atoms with Gasteiger partial charge in [0, 0.05) is 15.1 Å². The number of nitrogens with zero attached hydrogens (tertiary/aromatic N) is 2. The maximum atomic E-state index is 9.21. The fourth-order valence-corrected chi connectivity index (χ4v) is 3.36. The number of anilines is 1. The van der Waals surface area contributed by atoms with Crippen molar-refractivity contribution >= 4 is 44.4 Å². The average molecular weight is 345 g/mol. The number of imidazole rings is 1. The van der Waals surface area contributed by atoms with Crippen molar-refractivity contribution in [3.05, 3.63) is 46.4 Å². The van der Waals surface area contributed by atoms with E-state index in [-0.39, 0.29) is 0 Å². The zero-order chi connectivity index (χ0) is 14.1. The number of hydrogen-bond donors (Lipinski definition) is 2. The Morgan fingerprint density at radius 1 is 1.30 bits per heavy atom. The molecular formula is C14H9BrN4S. The number of H-pyrrole nitrogens is 1. The Kier molecular flexibility index (Phi) is 3.38. The highest BCUT2D eigenvalue weighted by atomic mass is 79.9. The molecule has 0 spiro atoms. The van der Waals surface area contributed by atoms with E-state index in [4.69, 9.17) is 5.73 Å². The fraction of sp³-hybridized carbons (Fsp3) is 0. The number of hydrogen-bond acceptors (Lipinski definition) is 4. The van der Waals surface area contributed by atoms with Gasteiger partial charge in [-0.25, -0.2) is 4.98 Å². The van der Waals surface area contributed by atoms with Crippen LogP contribution in [0.4, 0.5) is 5.69 Å². The minimum atomic E-state index is 0.609. The summed E-state index contributed by atoms with van der Waals surface area (Å²) in [4.78, 5) is 8.54. The van der Waals surface area contributed by atoms with E-state index in [0.717, 1.165) is 25.6 Å². The molecule has 1 heterocycles. The van der Waals surface area contributed by atoms with Gasteiger partial charge in [-0.2, -0.15) is 5.26 Å². The molecule has 0 bridgehead atoms. The smallest absolute Gasteiger partial charge is 0.171 e. The van der Waals surface area contributed by atoms with E-state index >= 15 is 0 Å². The Labute approximate surface area is 128 Å². The van der Waals surface area contributed by atoms with Crippen molar-refractivity contribution < 1.29 is 0 Å². The number of benzene rings is 2. The molecular weight excluding hydrogens is 336 g/mol. The number of nitriles is 1. The molecule has 0 amide bonds. The van der Waals surface area contributed by atoms with Gasteiger partial charge >= 0.3 is 0 Å². The Hall–Kier alpha value is -1.97. The Bertz CT molecular complexity index is 835. The molecule has 3 aromatic rings. The van der Waals surface area contributed by atoms with Crippen molar-refractivity contribution in [1.29, 1.82) is 5.26 Å². The van der Waals surface area contributed by atoms with E-state index in [1.165, 1.54) is 11.8 Å². The van der Waals surface area contributed by atoms with E-state index in [2.05, 4.69) is 32.0 Å². The van der Waals surface area contributed by atoms with Crippen molar-refractivity contribution in [3.63, 3.8) is 0 Å². The van der Waals surface area contributed by atoms with Gasteiger partial charge < -0.3 is 10.7 Å². The predicted molar refractivity (Wildman–Crippen MR) is 83.5 cm³/mol. The molecule has 0 atom stereocenters. The van der Waals surface area contributed by atoms with Crippen LogP contribution in [0.25, 0.3) is 11.0 Å². The molecule has 4 nitrogen and oxygen atoms in total. The summed E-state index contributed by atoms with van der Waals surface area (Å²) in [6.07, 6.45) is 0. The summed E-state index contributed by atoms with van der Waals surface area (Å²) >= 11 is 4.81. The first-order valence-electron chi connectivity index (χ1n) is 5.79. The van der Waals surface area contributed by atoms with Crippen LogP contribution in [0.5, 0.6) is 0 Å². The zero-order valence-electron chi connectivity index (χ0n) is 10.2. The predicted octanol–water partition coefficient (Wildman–Crippen LogP) is 3.93. The van der Waals surface area contributed by atoms with Crippen LogP contribution in [-0.4, -0.2) is 9.97 Å². The van der Waals surface area contributed by atoms with E-state index in [0.29, 0.717) is 11.3 Å². The van der Waals surface area contributed by atoms with Crippen LogP contribution in [0.2, 0.25) is 0 Å². The normalized spacial score (nSPS) is 10.6. The molecule has 6 heteroatoms. The van der Waals surface area contributed by atoms with E-state index in [1.807, 2.05) is 36.4 Å². The molecule has 2 aromatic carbocycles. The van der Waals surface area contributed by atoms with Crippen molar-refractivity contribution in [2.24, 2.45) is 0 Å². The van der Waals surface area contributed by atoms with E-state index in [1.54, 1.807) is 0 Å². The lowest BCUT2D eigenvalue weighted by Gasteiger charge is -2.02. The Morgan fingerprint density at radius 2 is 2.15 bits per heavy atom. The zero-order valence-corrected chi connectivity index (χ0v) is 12.6. The molecule has 0 unspecified atom stereocenters. The van der Waals surface area contributed by atoms with Gasteiger partial charge in [-0.1, -0.05) is 17.8 Å². The maximum absolute atomic E-state index is 9.21. The number of aromatic amines is 1. The quantitative estimate of drug-likeness (QED) is 0.690. The molecule has 0 aliphatic rings. The molecule has 0 aliphatic heterocycles. The van der Waals surface area contributed by atoms with Gasteiger partial charge in [0.2, 0.25) is 0 Å². The van der Waals surface area contributed by atoms with Crippen LogP contribution < -0.4 is 5.73 Å². The molecule has 1 aromatic heterocycles. The number of halogens is 1. The van der Waals surface area contributed by atoms with Crippen molar-refractivity contribution in [1.82, 2.24) is 9.97 Å². The third-order valence-electron chi connectivity index (χ3n) is 2.78. The van der Waals surface area contributed by atoms with Gasteiger partial charge in [-0.05, 0) is 46.3 Å². The molecule has 20 heavy (non-hydrogen) atoms. The minimum absolute atomic E-state index is 0.609. The summed E-state index contributed by atoms with van der Waals surface area (Å²) in [7, 11) is 0. The van der Waals surface area contributed by atoms with Gasteiger partial charge in [0.15, 0.2) is 5.16 Å². The van der Waals surface area contributed by atoms with E-state index < -0.39 is 0 Å². The van der Waals surface area contributed by atoms with Gasteiger partial charge in [-0.15, -0.1) is 0 Å². The second-order valence-electron chi connectivity index (χ2n) is 4.15. The lowest BCUT2D eigenvalue weighted by molar-refractivity contribution is 1.08. The van der Waals surface area contributed by atoms with Gasteiger partial charge in [0.05, 0.1) is 16.6 Å². The first-order valence-corrected chi connectivity index (χ1v) is 7.40. The highest BCUT2D eigenvalue weighted by Gasteiger charge is 2.10. The monoisotopic (exact) mass is 344 g/mol. The fourth-order valence-electron chi connectivity index (χ4n) is 1.85. The number of aromatic nitrogens is 2. The maximum Gasteiger partial charge on any atom is 0.171 e. The van der Waals surface area contributed by atoms with Gasteiger partial charge in [0.1, 0.15) is 6.07 Å². The first-order chi connectivity index (χ1) is 9.67. The Morgan fingerprint density at radius 3 is 2.95 bits per heavy atom. The lowest BCUT2D eigenvalue weighted by atomic mass is 10.2. The largest absolute Gasteiger partial charge is 0.399 e. The lowest BCUT2D eigenvalue weighted by Crippen LogP contribution is -1.84. The summed E-state index contributed by atoms with van der Waals surface area (Å²) < 4.78 is 0.783. The number of fused-ring (bicyclic) bond motifs is 1. The molecule has 0 saturated heterocycles. The highest BCUT2D eigenvalue weighted by molar-refractivity contribution is 9.10. The van der Waals surface area contributed by atoms with Gasteiger partial charge in [0.25, 0.3) is 0 Å². The molecule has 3 N–H and O–H groups in total. The summed E-state index contributed by atoms with van der Waals surface area (Å²) in [5.74, 6) is 0. The number of rotatable bonds is 2. The van der Waals surface area contributed by atoms with Crippen LogP contribution in [-0.2, 0) is 0 Å². The number of nitrogens with one attached hydrogen (secondary N) is 1. The van der Waals surface area contributed by atoms with Crippen LogP contribution in [0.15, 0.2) is 50.9 Å². The van der Waals surface area contributed by atoms with Crippen molar-refractivity contribution in [3.8, 4) is 6.07 Å². The average Bonchev–Trinajstić information content (AvgIpc) is 2.80.